The zero-order valence-electron chi connectivity index (χ0n) is 18.1. The van der Waals surface area contributed by atoms with E-state index in [9.17, 15) is 4.79 Å². The van der Waals surface area contributed by atoms with E-state index < -0.39 is 0 Å². The summed E-state index contributed by atoms with van der Waals surface area (Å²) in [7, 11) is 3.18. The van der Waals surface area contributed by atoms with Crippen molar-refractivity contribution in [3.8, 4) is 22.6 Å². The monoisotopic (exact) mass is 443 g/mol. The molecule has 0 unspecified atom stereocenters. The number of hydrogen-bond donors (Lipinski definition) is 0. The number of benzene rings is 3. The molecule has 0 aliphatic carbocycles. The van der Waals surface area contributed by atoms with E-state index in [1.54, 1.807) is 32.4 Å². The number of ether oxygens (including phenoxy) is 2. The van der Waals surface area contributed by atoms with Crippen molar-refractivity contribution in [2.75, 3.05) is 14.2 Å². The Morgan fingerprint density at radius 3 is 2.47 bits per heavy atom. The molecule has 0 atom stereocenters. The summed E-state index contributed by atoms with van der Waals surface area (Å²) in [5.74, 6) is 1.16. The fraction of sp³-hybridized carbons (Fsp3) is 0.111. The van der Waals surface area contributed by atoms with Gasteiger partial charge in [0, 0.05) is 33.3 Å². The average molecular weight is 444 g/mol. The van der Waals surface area contributed by atoms with Crippen molar-refractivity contribution in [1.29, 1.82) is 0 Å². The van der Waals surface area contributed by atoms with Crippen LogP contribution in [0.3, 0.4) is 0 Å². The minimum absolute atomic E-state index is 0.145. The van der Waals surface area contributed by atoms with Gasteiger partial charge in [0.15, 0.2) is 5.78 Å². The van der Waals surface area contributed by atoms with Crippen LogP contribution in [0.2, 0.25) is 5.02 Å². The van der Waals surface area contributed by atoms with Crippen LogP contribution in [0.15, 0.2) is 72.8 Å². The first kappa shape index (κ1) is 21.6. The second kappa shape index (κ2) is 9.25. The summed E-state index contributed by atoms with van der Waals surface area (Å²) >= 11 is 6.30. The van der Waals surface area contributed by atoms with Crippen LogP contribution < -0.4 is 9.47 Å². The number of rotatable bonds is 6. The summed E-state index contributed by atoms with van der Waals surface area (Å²) in [4.78, 5) is 18.1. The normalized spacial score (nSPS) is 11.1. The lowest BCUT2D eigenvalue weighted by Crippen LogP contribution is -2.05. The molecule has 160 valence electrons. The number of hydrogen-bond acceptors (Lipinski definition) is 4. The number of halogens is 1. The van der Waals surface area contributed by atoms with E-state index in [2.05, 4.69) is 4.98 Å². The molecule has 0 fully saturated rings. The maximum atomic E-state index is 13.5. The molecule has 3 aromatic carbocycles. The van der Waals surface area contributed by atoms with Gasteiger partial charge in [-0.3, -0.25) is 9.78 Å². The minimum atomic E-state index is -0.145. The fourth-order valence-corrected chi connectivity index (χ4v) is 3.94. The molecule has 0 aliphatic rings. The highest BCUT2D eigenvalue weighted by molar-refractivity contribution is 6.31. The van der Waals surface area contributed by atoms with Crippen LogP contribution in [0.4, 0.5) is 0 Å². The summed E-state index contributed by atoms with van der Waals surface area (Å²) in [6.45, 7) is 1.86. The summed E-state index contributed by atoms with van der Waals surface area (Å²) in [6, 6.07) is 20.8. The standard InChI is InChI=1S/C27H22ClNO3/c1-17-26(24(30)14-10-18-9-12-21(31-2)16-25(18)32-3)27(19-7-5-4-6-8-19)22-15-20(28)11-13-23(22)29-17/h4-16H,1-3H3/b14-10+. The second-order valence-corrected chi connectivity index (χ2v) is 7.72. The maximum absolute atomic E-state index is 13.5. The van der Waals surface area contributed by atoms with Crippen LogP contribution in [0.5, 0.6) is 11.5 Å². The van der Waals surface area contributed by atoms with Crippen molar-refractivity contribution < 1.29 is 14.3 Å². The first-order valence-electron chi connectivity index (χ1n) is 10.1. The molecule has 1 heterocycles. The zero-order valence-corrected chi connectivity index (χ0v) is 18.8. The Morgan fingerprint density at radius 1 is 0.969 bits per heavy atom. The van der Waals surface area contributed by atoms with E-state index in [1.165, 1.54) is 0 Å². The largest absolute Gasteiger partial charge is 0.497 e. The lowest BCUT2D eigenvalue weighted by Gasteiger charge is -2.14. The number of aromatic nitrogens is 1. The van der Waals surface area contributed by atoms with Gasteiger partial charge in [0.25, 0.3) is 0 Å². The van der Waals surface area contributed by atoms with E-state index in [0.717, 1.165) is 27.6 Å². The number of ketones is 1. The van der Waals surface area contributed by atoms with Gasteiger partial charge in [0.1, 0.15) is 11.5 Å². The number of carbonyl (C=O) groups excluding carboxylic acids is 1. The Kier molecular flexibility index (Phi) is 6.24. The molecule has 0 N–H and O–H groups in total. The first-order valence-corrected chi connectivity index (χ1v) is 10.5. The van der Waals surface area contributed by atoms with Crippen molar-refractivity contribution in [1.82, 2.24) is 4.98 Å². The van der Waals surface area contributed by atoms with Crippen LogP contribution in [-0.4, -0.2) is 25.0 Å². The molecule has 1 aromatic heterocycles. The van der Waals surface area contributed by atoms with Crippen molar-refractivity contribution in [3.05, 3.63) is 94.6 Å². The average Bonchev–Trinajstić information content (AvgIpc) is 2.82. The van der Waals surface area contributed by atoms with E-state index in [-0.39, 0.29) is 5.78 Å². The van der Waals surface area contributed by atoms with Crippen LogP contribution in [-0.2, 0) is 0 Å². The van der Waals surface area contributed by atoms with Gasteiger partial charge in [-0.1, -0.05) is 41.9 Å². The van der Waals surface area contributed by atoms with Crippen molar-refractivity contribution in [2.24, 2.45) is 0 Å². The molecule has 0 saturated carbocycles. The highest BCUT2D eigenvalue weighted by atomic mass is 35.5. The molecular weight excluding hydrogens is 422 g/mol. The fourth-order valence-electron chi connectivity index (χ4n) is 3.77. The molecule has 0 amide bonds. The lowest BCUT2D eigenvalue weighted by atomic mass is 9.92. The minimum Gasteiger partial charge on any atom is -0.497 e. The molecule has 0 radical (unpaired) electrons. The Labute approximate surface area is 192 Å². The quantitative estimate of drug-likeness (QED) is 0.243. The summed E-state index contributed by atoms with van der Waals surface area (Å²) in [6.07, 6.45) is 3.30. The SMILES string of the molecule is COc1ccc(/C=C/C(=O)c2c(C)nc3ccc(Cl)cc3c2-c2ccccc2)c(OC)c1. The van der Waals surface area contributed by atoms with Gasteiger partial charge in [-0.05, 0) is 55.0 Å². The molecule has 32 heavy (non-hydrogen) atoms. The van der Waals surface area contributed by atoms with Gasteiger partial charge in [0.05, 0.1) is 25.3 Å². The van der Waals surface area contributed by atoms with Gasteiger partial charge < -0.3 is 9.47 Å². The van der Waals surface area contributed by atoms with Crippen molar-refractivity contribution in [3.63, 3.8) is 0 Å². The second-order valence-electron chi connectivity index (χ2n) is 7.28. The molecule has 5 heteroatoms. The third-order valence-electron chi connectivity index (χ3n) is 5.29. The van der Waals surface area contributed by atoms with E-state index in [0.29, 0.717) is 27.8 Å². The number of carbonyl (C=O) groups is 1. The molecular formula is C27H22ClNO3. The highest BCUT2D eigenvalue weighted by Crippen LogP contribution is 2.35. The lowest BCUT2D eigenvalue weighted by molar-refractivity contribution is 0.104. The topological polar surface area (TPSA) is 48.4 Å². The first-order chi connectivity index (χ1) is 15.5. The molecule has 4 rings (SSSR count). The van der Waals surface area contributed by atoms with E-state index in [4.69, 9.17) is 21.1 Å². The number of pyridine rings is 1. The molecule has 0 bridgehead atoms. The van der Waals surface area contributed by atoms with Crippen LogP contribution in [0, 0.1) is 6.92 Å². The Balaban J connectivity index is 1.86. The van der Waals surface area contributed by atoms with Gasteiger partial charge in [-0.25, -0.2) is 0 Å². The Morgan fingerprint density at radius 2 is 1.75 bits per heavy atom. The van der Waals surface area contributed by atoms with Crippen molar-refractivity contribution >= 4 is 34.4 Å². The highest BCUT2D eigenvalue weighted by Gasteiger charge is 2.19. The Bertz CT molecular complexity index is 1330. The van der Waals surface area contributed by atoms with E-state index >= 15 is 0 Å². The maximum Gasteiger partial charge on any atom is 0.188 e. The molecule has 0 spiro atoms. The number of methoxy groups -OCH3 is 2. The molecule has 4 nitrogen and oxygen atoms in total. The third kappa shape index (κ3) is 4.23. The number of nitrogens with zero attached hydrogens (tertiary/aromatic N) is 1. The third-order valence-corrected chi connectivity index (χ3v) is 5.53. The predicted molar refractivity (Wildman–Crippen MR) is 130 cm³/mol. The summed E-state index contributed by atoms with van der Waals surface area (Å²) < 4.78 is 10.7. The number of aryl methyl sites for hydroxylation is 1. The summed E-state index contributed by atoms with van der Waals surface area (Å²) in [5.41, 5.74) is 4.54. The Hall–Kier alpha value is -3.63. The zero-order chi connectivity index (χ0) is 22.7. The van der Waals surface area contributed by atoms with Gasteiger partial charge in [-0.2, -0.15) is 0 Å². The van der Waals surface area contributed by atoms with E-state index in [1.807, 2.05) is 67.6 Å². The summed E-state index contributed by atoms with van der Waals surface area (Å²) in [5, 5.41) is 1.44. The molecule has 0 saturated heterocycles. The predicted octanol–water partition coefficient (Wildman–Crippen LogP) is 6.78. The molecule has 4 aromatic rings. The smallest absolute Gasteiger partial charge is 0.188 e. The number of fused-ring (bicyclic) bond motifs is 1. The molecule has 0 aliphatic heterocycles. The van der Waals surface area contributed by atoms with Crippen LogP contribution >= 0.6 is 11.6 Å². The van der Waals surface area contributed by atoms with Gasteiger partial charge in [0.2, 0.25) is 0 Å². The van der Waals surface area contributed by atoms with Gasteiger partial charge in [-0.15, -0.1) is 0 Å². The van der Waals surface area contributed by atoms with Gasteiger partial charge >= 0.3 is 0 Å². The number of allylic oxidation sites excluding steroid dienone is 1. The van der Waals surface area contributed by atoms with Crippen molar-refractivity contribution in [2.45, 2.75) is 6.92 Å². The van der Waals surface area contributed by atoms with Crippen LogP contribution in [0.25, 0.3) is 28.1 Å². The van der Waals surface area contributed by atoms with Crippen LogP contribution in [0.1, 0.15) is 21.6 Å².